The second-order valence-electron chi connectivity index (χ2n) is 5.45. The first kappa shape index (κ1) is 14.9. The highest BCUT2D eigenvalue weighted by atomic mass is 32.2. The van der Waals surface area contributed by atoms with E-state index in [-0.39, 0.29) is 5.69 Å². The van der Waals surface area contributed by atoms with Crippen LogP contribution in [0.1, 0.15) is 36.2 Å². The molecular formula is C15H17N3O3S. The Balaban J connectivity index is 1.97. The molecule has 0 bridgehead atoms. The van der Waals surface area contributed by atoms with Crippen LogP contribution >= 0.6 is 11.8 Å². The number of imidazole rings is 1. The van der Waals surface area contributed by atoms with Crippen LogP contribution in [-0.2, 0) is 4.79 Å². The van der Waals surface area contributed by atoms with Crippen molar-refractivity contribution >= 4 is 29.2 Å². The van der Waals surface area contributed by atoms with Gasteiger partial charge in [0.1, 0.15) is 5.54 Å². The molecular weight excluding hydrogens is 302 g/mol. The normalized spacial score (nSPS) is 16.8. The Labute approximate surface area is 131 Å². The van der Waals surface area contributed by atoms with Gasteiger partial charge in [0, 0.05) is 6.20 Å². The number of carboxylic acids is 1. The zero-order chi connectivity index (χ0) is 15.7. The predicted molar refractivity (Wildman–Crippen MR) is 83.3 cm³/mol. The molecule has 0 spiro atoms. The van der Waals surface area contributed by atoms with E-state index in [1.54, 1.807) is 0 Å². The molecule has 0 saturated heterocycles. The molecule has 0 aromatic carbocycles. The first-order chi connectivity index (χ1) is 10.6. The van der Waals surface area contributed by atoms with Gasteiger partial charge in [-0.05, 0) is 31.2 Å². The number of hydrogen-bond acceptors (Lipinski definition) is 4. The molecule has 0 radical (unpaired) electrons. The van der Waals surface area contributed by atoms with Gasteiger partial charge < -0.3 is 10.4 Å². The molecule has 1 aliphatic carbocycles. The Bertz CT molecular complexity index is 735. The number of carboxylic acid groups (broad SMARTS) is 1. The lowest BCUT2D eigenvalue weighted by molar-refractivity contribution is -0.144. The quantitative estimate of drug-likeness (QED) is 0.844. The number of carbonyl (C=O) groups excluding carboxylic acids is 1. The van der Waals surface area contributed by atoms with Gasteiger partial charge in [-0.15, -0.1) is 0 Å². The van der Waals surface area contributed by atoms with E-state index >= 15 is 0 Å². The van der Waals surface area contributed by atoms with Crippen LogP contribution in [0.5, 0.6) is 0 Å². The summed E-state index contributed by atoms with van der Waals surface area (Å²) in [5, 5.41) is 12.9. The van der Waals surface area contributed by atoms with Crippen molar-refractivity contribution < 1.29 is 14.7 Å². The number of carbonyl (C=O) groups is 2. The highest BCUT2D eigenvalue weighted by molar-refractivity contribution is 7.98. The molecule has 2 N–H and O–H groups in total. The number of thioether (sulfide) groups is 1. The lowest BCUT2D eigenvalue weighted by atomic mass is 9.97. The second kappa shape index (κ2) is 5.64. The molecule has 1 fully saturated rings. The summed E-state index contributed by atoms with van der Waals surface area (Å²) in [5.74, 6) is -1.39. The van der Waals surface area contributed by atoms with E-state index < -0.39 is 17.4 Å². The van der Waals surface area contributed by atoms with E-state index in [1.807, 2.05) is 35.1 Å². The number of nitrogens with one attached hydrogen (secondary N) is 1. The van der Waals surface area contributed by atoms with Crippen molar-refractivity contribution in [3.63, 3.8) is 0 Å². The smallest absolute Gasteiger partial charge is 0.329 e. The third kappa shape index (κ3) is 2.35. The van der Waals surface area contributed by atoms with Crippen molar-refractivity contribution in [3.05, 3.63) is 30.1 Å². The SMILES string of the molecule is CSc1nc(C(=O)NC2(C(=O)O)CCCC2)c2ccccn12. The van der Waals surface area contributed by atoms with Gasteiger partial charge in [0.05, 0.1) is 5.52 Å². The Hall–Kier alpha value is -2.02. The maximum absolute atomic E-state index is 12.6. The second-order valence-corrected chi connectivity index (χ2v) is 6.22. The zero-order valence-electron chi connectivity index (χ0n) is 12.2. The van der Waals surface area contributed by atoms with Crippen molar-refractivity contribution in [2.24, 2.45) is 0 Å². The van der Waals surface area contributed by atoms with Crippen molar-refractivity contribution in [3.8, 4) is 0 Å². The van der Waals surface area contributed by atoms with Crippen molar-refractivity contribution in [2.45, 2.75) is 36.4 Å². The lowest BCUT2D eigenvalue weighted by Gasteiger charge is -2.24. The maximum atomic E-state index is 12.6. The zero-order valence-corrected chi connectivity index (χ0v) is 13.0. The highest BCUT2D eigenvalue weighted by Gasteiger charge is 2.43. The summed E-state index contributed by atoms with van der Waals surface area (Å²) in [7, 11) is 0. The van der Waals surface area contributed by atoms with Crippen LogP contribution < -0.4 is 5.32 Å². The van der Waals surface area contributed by atoms with Crippen molar-refractivity contribution in [1.29, 1.82) is 0 Å². The average molecular weight is 319 g/mol. The van der Waals surface area contributed by atoms with E-state index in [9.17, 15) is 14.7 Å². The molecule has 6 nitrogen and oxygen atoms in total. The van der Waals surface area contributed by atoms with E-state index in [0.717, 1.165) is 12.8 Å². The Morgan fingerprint density at radius 3 is 2.73 bits per heavy atom. The summed E-state index contributed by atoms with van der Waals surface area (Å²) in [6.07, 6.45) is 6.29. The fraction of sp³-hybridized carbons (Fsp3) is 0.400. The molecule has 7 heteroatoms. The number of amides is 1. The molecule has 2 aromatic heterocycles. The fourth-order valence-electron chi connectivity index (χ4n) is 2.97. The van der Waals surface area contributed by atoms with Gasteiger partial charge in [-0.1, -0.05) is 30.7 Å². The molecule has 0 unspecified atom stereocenters. The van der Waals surface area contributed by atoms with Crippen LogP contribution in [0, 0.1) is 0 Å². The number of aliphatic carboxylic acids is 1. The van der Waals surface area contributed by atoms with Crippen LogP contribution in [0.15, 0.2) is 29.6 Å². The number of pyridine rings is 1. The van der Waals surface area contributed by atoms with Gasteiger partial charge in [-0.25, -0.2) is 9.78 Å². The van der Waals surface area contributed by atoms with Gasteiger partial charge in [0.15, 0.2) is 10.9 Å². The summed E-state index contributed by atoms with van der Waals surface area (Å²) in [6.45, 7) is 0. The van der Waals surface area contributed by atoms with Crippen LogP contribution in [0.3, 0.4) is 0 Å². The monoisotopic (exact) mass is 319 g/mol. The van der Waals surface area contributed by atoms with E-state index in [2.05, 4.69) is 10.3 Å². The number of fused-ring (bicyclic) bond motifs is 1. The molecule has 1 amide bonds. The van der Waals surface area contributed by atoms with Gasteiger partial charge in [-0.3, -0.25) is 9.20 Å². The fourth-order valence-corrected chi connectivity index (χ4v) is 3.51. The molecule has 0 atom stereocenters. The third-order valence-electron chi connectivity index (χ3n) is 4.13. The molecule has 1 aliphatic rings. The molecule has 0 aliphatic heterocycles. The Kier molecular flexibility index (Phi) is 3.82. The number of hydrogen-bond donors (Lipinski definition) is 2. The van der Waals surface area contributed by atoms with Crippen molar-refractivity contribution in [1.82, 2.24) is 14.7 Å². The molecule has 2 aromatic rings. The summed E-state index contributed by atoms with van der Waals surface area (Å²) in [5.41, 5.74) is -0.193. The molecule has 2 heterocycles. The van der Waals surface area contributed by atoms with Crippen LogP contribution in [0.2, 0.25) is 0 Å². The van der Waals surface area contributed by atoms with E-state index in [0.29, 0.717) is 23.5 Å². The molecule has 116 valence electrons. The van der Waals surface area contributed by atoms with Gasteiger partial charge >= 0.3 is 5.97 Å². The lowest BCUT2D eigenvalue weighted by Crippen LogP contribution is -2.52. The first-order valence-electron chi connectivity index (χ1n) is 7.14. The van der Waals surface area contributed by atoms with Crippen LogP contribution in [-0.4, -0.2) is 38.2 Å². The molecule has 22 heavy (non-hydrogen) atoms. The maximum Gasteiger partial charge on any atom is 0.329 e. The first-order valence-corrected chi connectivity index (χ1v) is 8.37. The average Bonchev–Trinajstić information content (AvgIpc) is 3.12. The number of aromatic nitrogens is 2. The minimum atomic E-state index is -1.15. The van der Waals surface area contributed by atoms with Crippen molar-refractivity contribution in [2.75, 3.05) is 6.26 Å². The Morgan fingerprint density at radius 1 is 1.36 bits per heavy atom. The largest absolute Gasteiger partial charge is 0.480 e. The summed E-state index contributed by atoms with van der Waals surface area (Å²) < 4.78 is 1.83. The topological polar surface area (TPSA) is 83.7 Å². The van der Waals surface area contributed by atoms with Gasteiger partial charge in [0.25, 0.3) is 5.91 Å². The minimum Gasteiger partial charge on any atom is -0.480 e. The van der Waals surface area contributed by atoms with Crippen LogP contribution in [0.25, 0.3) is 5.52 Å². The standard InChI is InChI=1S/C15H17N3O3S/c1-22-14-16-11(10-6-2-5-9-18(10)14)12(19)17-15(13(20)21)7-3-4-8-15/h2,5-6,9H,3-4,7-8H2,1H3,(H,17,19)(H,20,21). The number of nitrogens with zero attached hydrogens (tertiary/aromatic N) is 2. The summed E-state index contributed by atoms with van der Waals surface area (Å²) in [4.78, 5) is 28.5. The van der Waals surface area contributed by atoms with Gasteiger partial charge in [0.2, 0.25) is 0 Å². The highest BCUT2D eigenvalue weighted by Crippen LogP contribution is 2.30. The summed E-state index contributed by atoms with van der Waals surface area (Å²) in [6, 6.07) is 5.51. The van der Waals surface area contributed by atoms with Gasteiger partial charge in [-0.2, -0.15) is 0 Å². The van der Waals surface area contributed by atoms with E-state index in [4.69, 9.17) is 0 Å². The number of rotatable bonds is 4. The summed E-state index contributed by atoms with van der Waals surface area (Å²) >= 11 is 1.44. The Morgan fingerprint density at radius 2 is 2.09 bits per heavy atom. The third-order valence-corrected chi connectivity index (χ3v) is 4.79. The van der Waals surface area contributed by atoms with Crippen LogP contribution in [0.4, 0.5) is 0 Å². The predicted octanol–water partition coefficient (Wildman–Crippen LogP) is 2.18. The molecule has 3 rings (SSSR count). The minimum absolute atomic E-state index is 0.275. The van der Waals surface area contributed by atoms with E-state index in [1.165, 1.54) is 11.8 Å². The molecule has 1 saturated carbocycles.